The Labute approximate surface area is 249 Å². The maximum atomic E-state index is 13.5. The average molecular weight is 594 g/mol. The first-order valence-electron chi connectivity index (χ1n) is 13.0. The molecular weight excluding hydrogens is 563 g/mol. The van der Waals surface area contributed by atoms with Crippen LogP contribution in [0.5, 0.6) is 0 Å². The van der Waals surface area contributed by atoms with E-state index in [2.05, 4.69) is 17.4 Å². The third kappa shape index (κ3) is 7.81. The van der Waals surface area contributed by atoms with Crippen molar-refractivity contribution in [3.8, 4) is 0 Å². The van der Waals surface area contributed by atoms with Gasteiger partial charge in [0.05, 0.1) is 21.7 Å². The van der Waals surface area contributed by atoms with E-state index >= 15 is 0 Å². The van der Waals surface area contributed by atoms with Gasteiger partial charge in [0, 0.05) is 22.0 Å². The summed E-state index contributed by atoms with van der Waals surface area (Å²) in [4.78, 5) is 28.7. The Bertz CT molecular complexity index is 1450. The van der Waals surface area contributed by atoms with E-state index in [1.54, 1.807) is 34.9 Å². The molecule has 206 valence electrons. The number of carboxylic acids is 1. The molecule has 0 saturated carbocycles. The second-order valence-electron chi connectivity index (χ2n) is 9.24. The monoisotopic (exact) mass is 592 g/mol. The highest BCUT2D eigenvalue weighted by Gasteiger charge is 2.19. The Balaban J connectivity index is 1.54. The Hall–Kier alpha value is -3.45. The van der Waals surface area contributed by atoms with E-state index in [0.717, 1.165) is 33.9 Å². The predicted molar refractivity (Wildman–Crippen MR) is 165 cm³/mol. The summed E-state index contributed by atoms with van der Waals surface area (Å²) in [5.41, 5.74) is 3.20. The molecule has 2 amide bonds. The number of urea groups is 1. The van der Waals surface area contributed by atoms with E-state index in [9.17, 15) is 14.7 Å². The van der Waals surface area contributed by atoms with Gasteiger partial charge in [-0.15, -0.1) is 0 Å². The zero-order valence-corrected chi connectivity index (χ0v) is 24.3. The minimum absolute atomic E-state index is 0.294. The quantitative estimate of drug-likeness (QED) is 0.182. The van der Waals surface area contributed by atoms with Gasteiger partial charge in [0.15, 0.2) is 0 Å². The number of amides is 2. The Morgan fingerprint density at radius 2 is 1.62 bits per heavy atom. The second kappa shape index (κ2) is 14.3. The van der Waals surface area contributed by atoms with E-state index in [0.29, 0.717) is 28.7 Å². The molecule has 4 aromatic carbocycles. The first-order chi connectivity index (χ1) is 19.4. The maximum Gasteiger partial charge on any atom is 0.326 e. The summed E-state index contributed by atoms with van der Waals surface area (Å²) in [5.74, 6) is -1.33. The van der Waals surface area contributed by atoms with Crippen LogP contribution in [0.1, 0.15) is 36.8 Å². The van der Waals surface area contributed by atoms with Crippen LogP contribution in [0.15, 0.2) is 107 Å². The maximum absolute atomic E-state index is 13.5. The van der Waals surface area contributed by atoms with E-state index in [4.69, 9.17) is 23.2 Å². The average Bonchev–Trinajstić information content (AvgIpc) is 2.95. The fourth-order valence-electron chi connectivity index (χ4n) is 4.39. The fourth-order valence-corrected chi connectivity index (χ4v) is 5.61. The predicted octanol–water partition coefficient (Wildman–Crippen LogP) is 9.39. The van der Waals surface area contributed by atoms with E-state index in [-0.39, 0.29) is 6.03 Å². The molecule has 8 heteroatoms. The Morgan fingerprint density at radius 3 is 2.33 bits per heavy atom. The summed E-state index contributed by atoms with van der Waals surface area (Å²) in [6.07, 6.45) is 2.13. The molecule has 0 radical (unpaired) electrons. The number of hydrogen-bond donors (Lipinski definition) is 2. The van der Waals surface area contributed by atoms with Gasteiger partial charge in [-0.3, -0.25) is 9.69 Å². The molecule has 4 rings (SSSR count). The molecule has 0 bridgehead atoms. The number of nitrogens with zero attached hydrogens (tertiary/aromatic N) is 1. The van der Waals surface area contributed by atoms with Crippen molar-refractivity contribution in [1.29, 1.82) is 0 Å². The largest absolute Gasteiger partial charge is 0.481 e. The van der Waals surface area contributed by atoms with Gasteiger partial charge >= 0.3 is 12.0 Å². The molecule has 0 heterocycles. The van der Waals surface area contributed by atoms with Crippen LogP contribution in [0.25, 0.3) is 0 Å². The highest BCUT2D eigenvalue weighted by atomic mass is 35.5. The molecule has 0 saturated heterocycles. The molecule has 2 N–H and O–H groups in total. The van der Waals surface area contributed by atoms with Crippen molar-refractivity contribution >= 4 is 58.3 Å². The summed E-state index contributed by atoms with van der Waals surface area (Å²) in [6.45, 7) is 2.37. The number of carbonyl (C=O) groups is 2. The van der Waals surface area contributed by atoms with Gasteiger partial charge < -0.3 is 10.4 Å². The second-order valence-corrected chi connectivity index (χ2v) is 11.2. The third-order valence-corrected chi connectivity index (χ3v) is 8.30. The number of nitrogens with one attached hydrogen (secondary N) is 1. The van der Waals surface area contributed by atoms with Crippen molar-refractivity contribution in [1.82, 2.24) is 0 Å². The topological polar surface area (TPSA) is 69.6 Å². The summed E-state index contributed by atoms with van der Waals surface area (Å²) in [6, 6.07) is 30.4. The van der Waals surface area contributed by atoms with Crippen LogP contribution >= 0.6 is 35.0 Å². The van der Waals surface area contributed by atoms with Crippen molar-refractivity contribution in [2.24, 2.45) is 0 Å². The lowest BCUT2D eigenvalue weighted by molar-refractivity contribution is -0.138. The summed E-state index contributed by atoms with van der Waals surface area (Å²) >= 11 is 14.1. The summed E-state index contributed by atoms with van der Waals surface area (Å²) in [5, 5.41) is 13.0. The van der Waals surface area contributed by atoms with Crippen LogP contribution in [0.4, 0.5) is 16.2 Å². The van der Waals surface area contributed by atoms with Crippen molar-refractivity contribution in [2.75, 3.05) is 16.8 Å². The zero-order valence-electron chi connectivity index (χ0n) is 22.0. The molecule has 5 nitrogen and oxygen atoms in total. The number of anilines is 2. The van der Waals surface area contributed by atoms with Gasteiger partial charge in [0.1, 0.15) is 0 Å². The number of aliphatic carboxylic acids is 1. The van der Waals surface area contributed by atoms with Crippen LogP contribution in [-0.2, 0) is 11.2 Å². The Kier molecular flexibility index (Phi) is 10.5. The number of carbonyl (C=O) groups excluding carboxylic acids is 1. The van der Waals surface area contributed by atoms with Gasteiger partial charge in [-0.2, -0.15) is 0 Å². The first-order valence-corrected chi connectivity index (χ1v) is 14.6. The molecule has 0 spiro atoms. The molecule has 0 aliphatic carbocycles. The Morgan fingerprint density at radius 1 is 0.900 bits per heavy atom. The van der Waals surface area contributed by atoms with Crippen molar-refractivity contribution in [3.63, 3.8) is 0 Å². The highest BCUT2D eigenvalue weighted by Crippen LogP contribution is 2.33. The normalized spacial score (nSPS) is 11.6. The summed E-state index contributed by atoms with van der Waals surface area (Å²) < 4.78 is 0. The number of benzene rings is 4. The number of carboxylic acid groups (broad SMARTS) is 1. The van der Waals surface area contributed by atoms with E-state index in [1.165, 1.54) is 5.56 Å². The van der Waals surface area contributed by atoms with Crippen LogP contribution < -0.4 is 10.2 Å². The number of hydrogen-bond acceptors (Lipinski definition) is 3. The number of rotatable bonds is 11. The number of halogens is 2. The number of aryl methyl sites for hydroxylation is 1. The standard InChI is InChI=1S/C32H30Cl2N2O3S/c1-2-27(31(37)38)23-16-18-25(19-17-23)40-26-13-6-12-24(21-26)36(20-8-11-22-9-4-3-5-10-22)32(39)35-29-15-7-14-28(33)30(29)34/h3-7,9-10,12-19,21,27H,2,8,11,20H2,1H3,(H,35,39)(H,37,38). The zero-order chi connectivity index (χ0) is 28.5. The fraction of sp³-hybridized carbons (Fsp3) is 0.188. The minimum atomic E-state index is -0.819. The van der Waals surface area contributed by atoms with Gasteiger partial charge in [-0.1, -0.05) is 96.5 Å². The van der Waals surface area contributed by atoms with Gasteiger partial charge in [0.2, 0.25) is 0 Å². The lowest BCUT2D eigenvalue weighted by Gasteiger charge is -2.24. The van der Waals surface area contributed by atoms with Crippen LogP contribution in [0.2, 0.25) is 10.0 Å². The smallest absolute Gasteiger partial charge is 0.326 e. The molecule has 40 heavy (non-hydrogen) atoms. The van der Waals surface area contributed by atoms with Crippen LogP contribution in [0.3, 0.4) is 0 Å². The van der Waals surface area contributed by atoms with E-state index < -0.39 is 11.9 Å². The molecule has 0 aliphatic heterocycles. The molecule has 0 fully saturated rings. The van der Waals surface area contributed by atoms with Gasteiger partial charge in [-0.25, -0.2) is 4.79 Å². The van der Waals surface area contributed by atoms with Gasteiger partial charge in [-0.05, 0) is 72.9 Å². The van der Waals surface area contributed by atoms with Gasteiger partial charge in [0.25, 0.3) is 0 Å². The summed E-state index contributed by atoms with van der Waals surface area (Å²) in [7, 11) is 0. The molecular formula is C32H30Cl2N2O3S. The van der Waals surface area contributed by atoms with Crippen LogP contribution in [0, 0.1) is 0 Å². The molecule has 0 aliphatic rings. The molecule has 0 aromatic heterocycles. The lowest BCUT2D eigenvalue weighted by atomic mass is 9.97. The molecule has 1 unspecified atom stereocenters. The van der Waals surface area contributed by atoms with Crippen molar-refractivity contribution in [2.45, 2.75) is 41.9 Å². The first kappa shape index (κ1) is 29.5. The van der Waals surface area contributed by atoms with Crippen LogP contribution in [-0.4, -0.2) is 23.7 Å². The van der Waals surface area contributed by atoms with Crippen molar-refractivity contribution in [3.05, 3.63) is 118 Å². The van der Waals surface area contributed by atoms with E-state index in [1.807, 2.05) is 73.7 Å². The SMILES string of the molecule is CCC(C(=O)O)c1ccc(Sc2cccc(N(CCCc3ccccc3)C(=O)Nc3cccc(Cl)c3Cl)c2)cc1. The molecule has 1 atom stereocenters. The lowest BCUT2D eigenvalue weighted by Crippen LogP contribution is -2.36. The third-order valence-electron chi connectivity index (χ3n) is 6.48. The highest BCUT2D eigenvalue weighted by molar-refractivity contribution is 7.99. The van der Waals surface area contributed by atoms with Crippen molar-refractivity contribution < 1.29 is 14.7 Å². The molecule has 4 aromatic rings. The minimum Gasteiger partial charge on any atom is -0.481 e.